The minimum Gasteiger partial charge on any atom is -0.305 e. The largest absolute Gasteiger partial charge is 0.305 e. The molecular weight excluding hydrogens is 80.0 g/mol. The van der Waals surface area contributed by atoms with Crippen LogP contribution in [0.3, 0.4) is 0 Å². The van der Waals surface area contributed by atoms with Crippen molar-refractivity contribution in [3.63, 3.8) is 0 Å². The molecule has 0 saturated carbocycles. The van der Waals surface area contributed by atoms with Gasteiger partial charge in [0.25, 0.3) is 0 Å². The third-order valence-electron chi connectivity index (χ3n) is 0.235. The zero-order chi connectivity index (χ0) is 5.21. The first kappa shape index (κ1) is 5.56. The summed E-state index contributed by atoms with van der Waals surface area (Å²) < 4.78 is 0. The molecular formula is C3H8N2O. The van der Waals surface area contributed by atoms with Gasteiger partial charge in [-0.3, -0.25) is 0 Å². The topological polar surface area (TPSA) is 55.4 Å². The van der Waals surface area contributed by atoms with Gasteiger partial charge in [0.15, 0.2) is 0 Å². The smallest absolute Gasteiger partial charge is 0.144 e. The molecule has 3 heteroatoms. The molecule has 0 fully saturated rings. The van der Waals surface area contributed by atoms with Crippen LogP contribution in [-0.4, -0.2) is 5.66 Å². The Hall–Kier alpha value is -0.440. The fourth-order valence-corrected chi connectivity index (χ4v) is 0. The molecule has 0 radical (unpaired) electrons. The van der Waals surface area contributed by atoms with Crippen LogP contribution in [0.15, 0.2) is 5.18 Å². The summed E-state index contributed by atoms with van der Waals surface area (Å²) in [5, 5.41) is 2.55. The lowest BCUT2D eigenvalue weighted by atomic mass is 10.3. The van der Waals surface area contributed by atoms with Crippen molar-refractivity contribution in [1.82, 2.24) is 0 Å². The van der Waals surface area contributed by atoms with Crippen LogP contribution in [0.1, 0.15) is 13.8 Å². The first-order valence-electron chi connectivity index (χ1n) is 1.69. The van der Waals surface area contributed by atoms with E-state index in [1.807, 2.05) is 0 Å². The van der Waals surface area contributed by atoms with Gasteiger partial charge in [-0.25, -0.2) is 0 Å². The first-order valence-corrected chi connectivity index (χ1v) is 1.69. The Morgan fingerprint density at radius 2 is 1.83 bits per heavy atom. The molecule has 0 heterocycles. The normalized spacial score (nSPS) is 11.2. The molecule has 0 amide bonds. The van der Waals surface area contributed by atoms with Gasteiger partial charge in [0, 0.05) is 0 Å². The van der Waals surface area contributed by atoms with Crippen LogP contribution in [0.2, 0.25) is 0 Å². The number of hydrogen-bond acceptors (Lipinski definition) is 3. The highest BCUT2D eigenvalue weighted by Gasteiger charge is 2.06. The van der Waals surface area contributed by atoms with E-state index in [2.05, 4.69) is 5.18 Å². The van der Waals surface area contributed by atoms with Crippen LogP contribution in [0.5, 0.6) is 0 Å². The van der Waals surface area contributed by atoms with Gasteiger partial charge >= 0.3 is 0 Å². The van der Waals surface area contributed by atoms with Crippen molar-refractivity contribution in [2.24, 2.45) is 10.9 Å². The Labute approximate surface area is 36.5 Å². The van der Waals surface area contributed by atoms with E-state index in [0.717, 1.165) is 0 Å². The molecule has 0 unspecified atom stereocenters. The van der Waals surface area contributed by atoms with Crippen LogP contribution >= 0.6 is 0 Å². The maximum Gasteiger partial charge on any atom is 0.144 e. The summed E-state index contributed by atoms with van der Waals surface area (Å²) >= 11 is 0. The molecule has 2 N–H and O–H groups in total. The van der Waals surface area contributed by atoms with Gasteiger partial charge < -0.3 is 5.73 Å². The van der Waals surface area contributed by atoms with Gasteiger partial charge in [-0.1, -0.05) is 0 Å². The lowest BCUT2D eigenvalue weighted by molar-refractivity contribution is 0.545. The quantitative estimate of drug-likeness (QED) is 0.473. The second-order valence-electron chi connectivity index (χ2n) is 1.74. The summed E-state index contributed by atoms with van der Waals surface area (Å²) in [5.74, 6) is 0. The predicted molar refractivity (Wildman–Crippen MR) is 24.1 cm³/mol. The lowest BCUT2D eigenvalue weighted by Crippen LogP contribution is -2.27. The highest BCUT2D eigenvalue weighted by molar-refractivity contribution is 4.64. The molecule has 0 aliphatic heterocycles. The molecule has 0 aromatic heterocycles. The van der Waals surface area contributed by atoms with Gasteiger partial charge in [0.2, 0.25) is 0 Å². The monoisotopic (exact) mass is 88.1 g/mol. The lowest BCUT2D eigenvalue weighted by Gasteiger charge is -2.02. The van der Waals surface area contributed by atoms with E-state index >= 15 is 0 Å². The van der Waals surface area contributed by atoms with Crippen LogP contribution in [0.25, 0.3) is 0 Å². The summed E-state index contributed by atoms with van der Waals surface area (Å²) in [5.41, 5.74) is 4.17. The van der Waals surface area contributed by atoms with Crippen LogP contribution in [-0.2, 0) is 0 Å². The second-order valence-corrected chi connectivity index (χ2v) is 1.74. The third kappa shape index (κ3) is 3.56. The van der Waals surface area contributed by atoms with Crippen LogP contribution < -0.4 is 5.73 Å². The molecule has 0 spiro atoms. The van der Waals surface area contributed by atoms with Crippen molar-refractivity contribution in [3.8, 4) is 0 Å². The molecule has 0 atom stereocenters. The summed E-state index contributed by atoms with van der Waals surface area (Å²) in [6.45, 7) is 3.08. The Kier molecular flexibility index (Phi) is 1.24. The molecule has 0 bridgehead atoms. The number of nitrogens with two attached hydrogens (primary N) is 1. The molecule has 36 valence electrons. The molecule has 0 aliphatic carbocycles. The molecule has 0 aromatic rings. The first-order chi connectivity index (χ1) is 2.56. The minimum atomic E-state index is -0.889. The van der Waals surface area contributed by atoms with Crippen molar-refractivity contribution in [1.29, 1.82) is 0 Å². The van der Waals surface area contributed by atoms with E-state index in [0.29, 0.717) is 0 Å². The van der Waals surface area contributed by atoms with E-state index in [-0.39, 0.29) is 0 Å². The average molecular weight is 88.1 g/mol. The summed E-state index contributed by atoms with van der Waals surface area (Å²) in [6, 6.07) is 0. The van der Waals surface area contributed by atoms with Gasteiger partial charge in [-0.15, -0.1) is 4.91 Å². The predicted octanol–water partition coefficient (Wildman–Crippen LogP) is 0.448. The number of rotatable bonds is 1. The fraction of sp³-hybridized carbons (Fsp3) is 1.00. The number of nitrogens with zero attached hydrogens (tertiary/aromatic N) is 1. The standard InChI is InChI=1S/C3H8N2O/c1-3(2,4)5-6/h4H2,1-2H3. The molecule has 3 nitrogen and oxygen atoms in total. The average Bonchev–Trinajstić information content (AvgIpc) is 1.35. The summed E-state index contributed by atoms with van der Waals surface area (Å²) in [4.78, 5) is 9.45. The van der Waals surface area contributed by atoms with Crippen molar-refractivity contribution in [2.45, 2.75) is 19.5 Å². The highest BCUT2D eigenvalue weighted by Crippen LogP contribution is 1.93. The maximum atomic E-state index is 9.45. The van der Waals surface area contributed by atoms with Gasteiger partial charge in [0.05, 0.1) is 0 Å². The molecule has 0 aliphatic rings. The number of nitroso groups, excluding NO2 is 1. The SMILES string of the molecule is CC(C)(N)N=O. The van der Waals surface area contributed by atoms with E-state index in [1.165, 1.54) is 0 Å². The summed E-state index contributed by atoms with van der Waals surface area (Å²) in [7, 11) is 0. The van der Waals surface area contributed by atoms with Crippen molar-refractivity contribution in [3.05, 3.63) is 4.91 Å². The van der Waals surface area contributed by atoms with E-state index < -0.39 is 5.66 Å². The van der Waals surface area contributed by atoms with Crippen molar-refractivity contribution < 1.29 is 0 Å². The molecule has 0 aromatic carbocycles. The van der Waals surface area contributed by atoms with Crippen molar-refractivity contribution in [2.75, 3.05) is 0 Å². The van der Waals surface area contributed by atoms with E-state index in [4.69, 9.17) is 5.73 Å². The van der Waals surface area contributed by atoms with E-state index in [1.54, 1.807) is 13.8 Å². The third-order valence-corrected chi connectivity index (χ3v) is 0.235. The number of hydrogen-bond donors (Lipinski definition) is 1. The van der Waals surface area contributed by atoms with Crippen LogP contribution in [0.4, 0.5) is 0 Å². The fourth-order valence-electron chi connectivity index (χ4n) is 0. The Balaban J connectivity index is 3.45. The molecule has 0 rings (SSSR count). The van der Waals surface area contributed by atoms with Crippen molar-refractivity contribution >= 4 is 0 Å². The minimum absolute atomic E-state index is 0.889. The second kappa shape index (κ2) is 1.34. The Bertz CT molecular complexity index is 54.3. The van der Waals surface area contributed by atoms with Crippen LogP contribution in [0, 0.1) is 4.91 Å². The Morgan fingerprint density at radius 1 is 1.67 bits per heavy atom. The Morgan fingerprint density at radius 3 is 1.83 bits per heavy atom. The van der Waals surface area contributed by atoms with Gasteiger partial charge in [-0.2, -0.15) is 0 Å². The molecule has 0 saturated heterocycles. The zero-order valence-electron chi connectivity index (χ0n) is 3.93. The zero-order valence-corrected chi connectivity index (χ0v) is 3.93. The maximum absolute atomic E-state index is 9.45. The van der Waals surface area contributed by atoms with Gasteiger partial charge in [-0.05, 0) is 19.0 Å². The molecule has 6 heavy (non-hydrogen) atoms. The van der Waals surface area contributed by atoms with Gasteiger partial charge in [0.1, 0.15) is 5.66 Å². The van der Waals surface area contributed by atoms with E-state index in [9.17, 15) is 4.91 Å². The highest BCUT2D eigenvalue weighted by atomic mass is 16.3. The summed E-state index contributed by atoms with van der Waals surface area (Å²) in [6.07, 6.45) is 0.